The molecule has 0 radical (unpaired) electrons. The van der Waals surface area contributed by atoms with Gasteiger partial charge in [0.2, 0.25) is 5.91 Å². The smallest absolute Gasteiger partial charge is 0.257 e. The number of amides is 2. The summed E-state index contributed by atoms with van der Waals surface area (Å²) >= 11 is 0. The quantitative estimate of drug-likeness (QED) is 0.879. The number of rotatable bonds is 6. The van der Waals surface area contributed by atoms with Gasteiger partial charge in [-0.3, -0.25) is 9.59 Å². The number of carbonyl (C=O) groups excluding carboxylic acids is 2. The monoisotopic (exact) mass is 338 g/mol. The standard InChI is InChI=1S/C20H22N2O3/c1-14-5-3-4-6-18(14)25-13-19(23)21-10-9-15-7-8-17-16(11-15)12-20(24)22(17)2/h3-8,11H,9-10,12-13H2,1-2H3,(H,21,23). The molecule has 1 heterocycles. The van der Waals surface area contributed by atoms with E-state index in [0.717, 1.165) is 34.5 Å². The number of ether oxygens (including phenoxy) is 1. The van der Waals surface area contributed by atoms with Gasteiger partial charge in [-0.05, 0) is 42.2 Å². The van der Waals surface area contributed by atoms with Crippen LogP contribution in [0.2, 0.25) is 0 Å². The van der Waals surface area contributed by atoms with E-state index >= 15 is 0 Å². The van der Waals surface area contributed by atoms with Crippen molar-refractivity contribution in [1.29, 1.82) is 0 Å². The topological polar surface area (TPSA) is 58.6 Å². The van der Waals surface area contributed by atoms with E-state index < -0.39 is 0 Å². The van der Waals surface area contributed by atoms with Gasteiger partial charge in [-0.25, -0.2) is 0 Å². The summed E-state index contributed by atoms with van der Waals surface area (Å²) in [6, 6.07) is 13.6. The zero-order valence-electron chi connectivity index (χ0n) is 14.5. The third kappa shape index (κ3) is 3.99. The average molecular weight is 338 g/mol. The molecule has 5 nitrogen and oxygen atoms in total. The van der Waals surface area contributed by atoms with E-state index in [1.165, 1.54) is 0 Å². The Morgan fingerprint density at radius 2 is 2.04 bits per heavy atom. The Morgan fingerprint density at radius 3 is 2.84 bits per heavy atom. The van der Waals surface area contributed by atoms with E-state index in [9.17, 15) is 9.59 Å². The van der Waals surface area contributed by atoms with Gasteiger partial charge in [0.05, 0.1) is 6.42 Å². The van der Waals surface area contributed by atoms with E-state index in [2.05, 4.69) is 5.32 Å². The minimum atomic E-state index is -0.140. The fraction of sp³-hybridized carbons (Fsp3) is 0.300. The maximum atomic E-state index is 11.9. The number of fused-ring (bicyclic) bond motifs is 1. The fourth-order valence-electron chi connectivity index (χ4n) is 2.94. The molecule has 1 aliphatic rings. The molecule has 0 saturated heterocycles. The SMILES string of the molecule is Cc1ccccc1OCC(=O)NCCc1ccc2c(c1)CC(=O)N2C. The van der Waals surface area contributed by atoms with Gasteiger partial charge >= 0.3 is 0 Å². The van der Waals surface area contributed by atoms with E-state index in [1.54, 1.807) is 11.9 Å². The van der Waals surface area contributed by atoms with Crippen molar-refractivity contribution in [3.63, 3.8) is 0 Å². The van der Waals surface area contributed by atoms with Gasteiger partial charge in [-0.15, -0.1) is 0 Å². The number of hydrogen-bond donors (Lipinski definition) is 1. The van der Waals surface area contributed by atoms with Crippen molar-refractivity contribution in [3.8, 4) is 5.75 Å². The number of para-hydroxylation sites is 1. The highest BCUT2D eigenvalue weighted by atomic mass is 16.5. The highest BCUT2D eigenvalue weighted by molar-refractivity contribution is 6.00. The van der Waals surface area contributed by atoms with Crippen molar-refractivity contribution in [1.82, 2.24) is 5.32 Å². The summed E-state index contributed by atoms with van der Waals surface area (Å²) in [5, 5.41) is 2.86. The summed E-state index contributed by atoms with van der Waals surface area (Å²) in [6.45, 7) is 2.50. The first-order valence-corrected chi connectivity index (χ1v) is 8.38. The van der Waals surface area contributed by atoms with Crippen LogP contribution in [0, 0.1) is 6.92 Å². The number of nitrogens with one attached hydrogen (secondary N) is 1. The molecule has 0 aliphatic carbocycles. The van der Waals surface area contributed by atoms with Gasteiger partial charge in [-0.2, -0.15) is 0 Å². The minimum absolute atomic E-state index is 0.00827. The van der Waals surface area contributed by atoms with Crippen LogP contribution in [-0.4, -0.2) is 32.0 Å². The van der Waals surface area contributed by atoms with Crippen molar-refractivity contribution in [2.24, 2.45) is 0 Å². The summed E-state index contributed by atoms with van der Waals surface area (Å²) in [6.07, 6.45) is 1.18. The summed E-state index contributed by atoms with van der Waals surface area (Å²) in [5.74, 6) is 0.707. The van der Waals surface area contributed by atoms with E-state index in [1.807, 2.05) is 49.4 Å². The van der Waals surface area contributed by atoms with E-state index in [-0.39, 0.29) is 18.4 Å². The van der Waals surface area contributed by atoms with Crippen LogP contribution >= 0.6 is 0 Å². The van der Waals surface area contributed by atoms with Crippen LogP contribution in [0.4, 0.5) is 5.69 Å². The number of benzene rings is 2. The molecule has 1 aliphatic heterocycles. The zero-order chi connectivity index (χ0) is 17.8. The molecule has 0 atom stereocenters. The highest BCUT2D eigenvalue weighted by Gasteiger charge is 2.23. The van der Waals surface area contributed by atoms with Crippen molar-refractivity contribution in [2.45, 2.75) is 19.8 Å². The van der Waals surface area contributed by atoms with Crippen LogP contribution in [0.25, 0.3) is 0 Å². The van der Waals surface area contributed by atoms with Gasteiger partial charge in [0, 0.05) is 19.3 Å². The number of nitrogens with zero attached hydrogens (tertiary/aromatic N) is 1. The molecule has 2 amide bonds. The lowest BCUT2D eigenvalue weighted by Gasteiger charge is -2.11. The summed E-state index contributed by atoms with van der Waals surface area (Å²) < 4.78 is 5.53. The second kappa shape index (κ2) is 7.38. The summed E-state index contributed by atoms with van der Waals surface area (Å²) in [5.41, 5.74) is 4.15. The van der Waals surface area contributed by atoms with Crippen molar-refractivity contribution < 1.29 is 14.3 Å². The molecule has 0 fully saturated rings. The molecule has 130 valence electrons. The van der Waals surface area contributed by atoms with Crippen LogP contribution < -0.4 is 15.0 Å². The second-order valence-electron chi connectivity index (χ2n) is 6.25. The van der Waals surface area contributed by atoms with Crippen LogP contribution in [0.5, 0.6) is 5.75 Å². The van der Waals surface area contributed by atoms with Crippen LogP contribution in [0.3, 0.4) is 0 Å². The van der Waals surface area contributed by atoms with Gasteiger partial charge in [0.15, 0.2) is 6.61 Å². The number of carbonyl (C=O) groups is 2. The van der Waals surface area contributed by atoms with Crippen molar-refractivity contribution >= 4 is 17.5 Å². The normalized spacial score (nSPS) is 12.9. The largest absolute Gasteiger partial charge is 0.484 e. The molecule has 1 N–H and O–H groups in total. The Bertz CT molecular complexity index is 801. The zero-order valence-corrected chi connectivity index (χ0v) is 14.5. The Hall–Kier alpha value is -2.82. The molecule has 0 aromatic heterocycles. The molecule has 25 heavy (non-hydrogen) atoms. The Kier molecular flexibility index (Phi) is 5.03. The lowest BCUT2D eigenvalue weighted by atomic mass is 10.1. The number of anilines is 1. The predicted octanol–water partition coefficient (Wildman–Crippen LogP) is 2.25. The third-order valence-electron chi connectivity index (χ3n) is 4.41. The lowest BCUT2D eigenvalue weighted by molar-refractivity contribution is -0.123. The van der Waals surface area contributed by atoms with Crippen LogP contribution in [0.1, 0.15) is 16.7 Å². The van der Waals surface area contributed by atoms with Crippen LogP contribution in [0.15, 0.2) is 42.5 Å². The molecular weight excluding hydrogens is 316 g/mol. The summed E-state index contributed by atoms with van der Waals surface area (Å²) in [4.78, 5) is 25.3. The highest BCUT2D eigenvalue weighted by Crippen LogP contribution is 2.28. The lowest BCUT2D eigenvalue weighted by Crippen LogP contribution is -2.30. The van der Waals surface area contributed by atoms with Crippen LogP contribution in [-0.2, 0) is 22.4 Å². The molecular formula is C20H22N2O3. The third-order valence-corrected chi connectivity index (χ3v) is 4.41. The fourth-order valence-corrected chi connectivity index (χ4v) is 2.94. The first kappa shape index (κ1) is 17.0. The van der Waals surface area contributed by atoms with Crippen molar-refractivity contribution in [3.05, 3.63) is 59.2 Å². The molecule has 2 aromatic carbocycles. The molecule has 0 spiro atoms. The molecule has 0 unspecified atom stereocenters. The molecule has 5 heteroatoms. The molecule has 0 saturated carbocycles. The number of hydrogen-bond acceptors (Lipinski definition) is 3. The predicted molar refractivity (Wildman–Crippen MR) is 96.9 cm³/mol. The Labute approximate surface area is 147 Å². The first-order chi connectivity index (χ1) is 12.0. The first-order valence-electron chi connectivity index (χ1n) is 8.38. The maximum absolute atomic E-state index is 11.9. The Morgan fingerprint density at radius 1 is 1.24 bits per heavy atom. The molecule has 2 aromatic rings. The maximum Gasteiger partial charge on any atom is 0.257 e. The van der Waals surface area contributed by atoms with Gasteiger partial charge in [-0.1, -0.05) is 30.3 Å². The number of aryl methyl sites for hydroxylation is 1. The van der Waals surface area contributed by atoms with Gasteiger partial charge in [0.1, 0.15) is 5.75 Å². The second-order valence-corrected chi connectivity index (χ2v) is 6.25. The van der Waals surface area contributed by atoms with E-state index in [0.29, 0.717) is 13.0 Å². The minimum Gasteiger partial charge on any atom is -0.484 e. The Balaban J connectivity index is 1.45. The van der Waals surface area contributed by atoms with Crippen molar-refractivity contribution in [2.75, 3.05) is 25.1 Å². The van der Waals surface area contributed by atoms with Gasteiger partial charge in [0.25, 0.3) is 5.91 Å². The summed E-state index contributed by atoms with van der Waals surface area (Å²) in [7, 11) is 1.79. The molecule has 0 bridgehead atoms. The van der Waals surface area contributed by atoms with E-state index in [4.69, 9.17) is 4.74 Å². The average Bonchev–Trinajstić information content (AvgIpc) is 2.88. The number of likely N-dealkylation sites (N-methyl/N-ethyl adjacent to an activating group) is 1. The van der Waals surface area contributed by atoms with Gasteiger partial charge < -0.3 is 15.0 Å². The molecule has 3 rings (SSSR count).